The molecule has 0 heterocycles. The van der Waals surface area contributed by atoms with Crippen LogP contribution in [0.15, 0.2) is 18.2 Å². The molecule has 1 aromatic carbocycles. The first-order valence-corrected chi connectivity index (χ1v) is 11.2. The molecular weight excluding hydrogens is 363 g/mol. The zero-order valence-corrected chi connectivity index (χ0v) is 17.1. The summed E-state index contributed by atoms with van der Waals surface area (Å²) in [6, 6.07) is 5.69. The van der Waals surface area contributed by atoms with Crippen molar-refractivity contribution in [3.8, 4) is 0 Å². The summed E-state index contributed by atoms with van der Waals surface area (Å²) >= 11 is 12.2. The zero-order chi connectivity index (χ0) is 18.0. The summed E-state index contributed by atoms with van der Waals surface area (Å²) < 4.78 is 24.1. The minimum absolute atomic E-state index is 0.324. The maximum atomic E-state index is 12.4. The lowest BCUT2D eigenvalue weighted by atomic mass is 9.80. The van der Waals surface area contributed by atoms with Crippen molar-refractivity contribution in [2.45, 2.75) is 64.0 Å². The summed E-state index contributed by atoms with van der Waals surface area (Å²) in [5.74, 6) is 1.33. The third-order valence-corrected chi connectivity index (χ3v) is 8.55. The Kier molecular flexibility index (Phi) is 6.66. The average molecular weight is 391 g/mol. The van der Waals surface area contributed by atoms with Gasteiger partial charge in [0.05, 0.1) is 10.5 Å². The van der Waals surface area contributed by atoms with Crippen LogP contribution in [0.4, 0.5) is 0 Å². The lowest BCUT2D eigenvalue weighted by Gasteiger charge is -2.30. The second-order valence-electron chi connectivity index (χ2n) is 8.05. The van der Waals surface area contributed by atoms with E-state index in [0.717, 1.165) is 49.1 Å². The molecule has 0 spiro atoms. The van der Waals surface area contributed by atoms with Gasteiger partial charge < -0.3 is 0 Å². The molecule has 0 atom stereocenters. The Morgan fingerprint density at radius 2 is 1.62 bits per heavy atom. The van der Waals surface area contributed by atoms with Gasteiger partial charge in [0.15, 0.2) is 9.84 Å². The second kappa shape index (κ2) is 7.97. The average Bonchev–Trinajstić information content (AvgIpc) is 2.46. The Morgan fingerprint density at radius 3 is 2.17 bits per heavy atom. The topological polar surface area (TPSA) is 34.1 Å². The highest BCUT2D eigenvalue weighted by Crippen LogP contribution is 2.34. The molecule has 1 aliphatic rings. The van der Waals surface area contributed by atoms with Crippen molar-refractivity contribution in [1.29, 1.82) is 0 Å². The molecule has 1 saturated carbocycles. The number of rotatable bonds is 5. The van der Waals surface area contributed by atoms with Gasteiger partial charge in [-0.2, -0.15) is 0 Å². The van der Waals surface area contributed by atoms with Gasteiger partial charge in [0.2, 0.25) is 0 Å². The van der Waals surface area contributed by atoms with Crippen LogP contribution >= 0.6 is 23.2 Å². The Bertz CT molecular complexity index is 654. The molecule has 136 valence electrons. The highest BCUT2D eigenvalue weighted by Gasteiger charge is 2.33. The minimum Gasteiger partial charge on any atom is -0.228 e. The van der Waals surface area contributed by atoms with Crippen molar-refractivity contribution >= 4 is 33.0 Å². The summed E-state index contributed by atoms with van der Waals surface area (Å²) in [6.45, 7) is 5.39. The largest absolute Gasteiger partial charge is 0.228 e. The molecule has 1 aromatic rings. The number of benzene rings is 1. The SMILES string of the molecule is CC(C)(C)S(=O)(=O)CC1CCC(CCc2ccc(Cl)cc2Cl)CC1. The first-order chi connectivity index (χ1) is 11.1. The van der Waals surface area contributed by atoms with Crippen molar-refractivity contribution in [2.24, 2.45) is 11.8 Å². The maximum Gasteiger partial charge on any atom is 0.155 e. The van der Waals surface area contributed by atoms with Gasteiger partial charge in [-0.3, -0.25) is 0 Å². The van der Waals surface area contributed by atoms with Crippen LogP contribution in [0.5, 0.6) is 0 Å². The van der Waals surface area contributed by atoms with Crippen molar-refractivity contribution in [1.82, 2.24) is 0 Å². The van der Waals surface area contributed by atoms with E-state index in [0.29, 0.717) is 22.6 Å². The van der Waals surface area contributed by atoms with E-state index in [-0.39, 0.29) is 0 Å². The first-order valence-electron chi connectivity index (χ1n) is 8.75. The minimum atomic E-state index is -3.01. The lowest BCUT2D eigenvalue weighted by Crippen LogP contribution is -2.34. The zero-order valence-electron chi connectivity index (χ0n) is 14.8. The normalized spacial score (nSPS) is 22.5. The third kappa shape index (κ3) is 5.37. The predicted octanol–water partition coefficient (Wildman–Crippen LogP) is 5.95. The van der Waals surface area contributed by atoms with Gasteiger partial charge >= 0.3 is 0 Å². The van der Waals surface area contributed by atoms with E-state index >= 15 is 0 Å². The molecule has 0 N–H and O–H groups in total. The Hall–Kier alpha value is -0.250. The van der Waals surface area contributed by atoms with E-state index < -0.39 is 14.6 Å². The van der Waals surface area contributed by atoms with Crippen molar-refractivity contribution in [3.63, 3.8) is 0 Å². The van der Waals surface area contributed by atoms with Crippen LogP contribution in [0.2, 0.25) is 10.0 Å². The van der Waals surface area contributed by atoms with Gasteiger partial charge in [0.1, 0.15) is 0 Å². The summed E-state index contributed by atoms with van der Waals surface area (Å²) in [4.78, 5) is 0. The van der Waals surface area contributed by atoms with E-state index in [9.17, 15) is 8.42 Å². The Morgan fingerprint density at radius 1 is 1.04 bits per heavy atom. The van der Waals surface area contributed by atoms with Crippen molar-refractivity contribution in [2.75, 3.05) is 5.75 Å². The number of hydrogen-bond donors (Lipinski definition) is 0. The fraction of sp³-hybridized carbons (Fsp3) is 0.684. The quantitative estimate of drug-likeness (QED) is 0.622. The smallest absolute Gasteiger partial charge is 0.155 e. The molecule has 0 saturated heterocycles. The van der Waals surface area contributed by atoms with Gasteiger partial charge in [-0.15, -0.1) is 0 Å². The molecule has 0 bridgehead atoms. The van der Waals surface area contributed by atoms with Gasteiger partial charge in [0, 0.05) is 10.0 Å². The van der Waals surface area contributed by atoms with Crippen LogP contribution in [0.3, 0.4) is 0 Å². The molecule has 0 unspecified atom stereocenters. The second-order valence-corrected chi connectivity index (χ2v) is 11.7. The van der Waals surface area contributed by atoms with Gasteiger partial charge in [-0.1, -0.05) is 42.1 Å². The fourth-order valence-corrected chi connectivity index (χ4v) is 5.29. The van der Waals surface area contributed by atoms with Gasteiger partial charge in [-0.25, -0.2) is 8.42 Å². The van der Waals surface area contributed by atoms with Gasteiger partial charge in [0.25, 0.3) is 0 Å². The van der Waals surface area contributed by atoms with E-state index in [1.807, 2.05) is 12.1 Å². The van der Waals surface area contributed by atoms with E-state index in [1.54, 1.807) is 26.8 Å². The molecule has 1 aliphatic carbocycles. The Labute approximate surface area is 156 Å². The predicted molar refractivity (Wildman–Crippen MR) is 104 cm³/mol. The highest BCUT2D eigenvalue weighted by molar-refractivity contribution is 7.92. The third-order valence-electron chi connectivity index (χ3n) is 5.19. The molecule has 0 radical (unpaired) electrons. The Balaban J connectivity index is 1.81. The summed E-state index contributed by atoms with van der Waals surface area (Å²) in [5.41, 5.74) is 1.15. The van der Waals surface area contributed by atoms with E-state index in [4.69, 9.17) is 23.2 Å². The van der Waals surface area contributed by atoms with Crippen LogP contribution in [0.1, 0.15) is 58.4 Å². The van der Waals surface area contributed by atoms with Crippen LogP contribution in [-0.4, -0.2) is 18.9 Å². The number of hydrogen-bond acceptors (Lipinski definition) is 2. The molecule has 0 aliphatic heterocycles. The highest BCUT2D eigenvalue weighted by atomic mass is 35.5. The van der Waals surface area contributed by atoms with Crippen molar-refractivity contribution < 1.29 is 8.42 Å². The van der Waals surface area contributed by atoms with Gasteiger partial charge in [-0.05, 0) is 76.0 Å². The summed E-state index contributed by atoms with van der Waals surface area (Å²) in [6.07, 6.45) is 6.36. The number of halogens is 2. The van der Waals surface area contributed by atoms with Crippen molar-refractivity contribution in [3.05, 3.63) is 33.8 Å². The van der Waals surface area contributed by atoms with E-state index in [2.05, 4.69) is 0 Å². The molecule has 2 rings (SSSR count). The van der Waals surface area contributed by atoms with Crippen LogP contribution < -0.4 is 0 Å². The van der Waals surface area contributed by atoms with Crippen LogP contribution in [0, 0.1) is 11.8 Å². The standard InChI is InChI=1S/C19H28Cl2O2S/c1-19(2,3)24(22,23)13-15-6-4-14(5-7-15)8-9-16-10-11-17(20)12-18(16)21/h10-12,14-15H,4-9,13H2,1-3H3. The molecule has 5 heteroatoms. The molecule has 1 fully saturated rings. The summed E-state index contributed by atoms with van der Waals surface area (Å²) in [5, 5.41) is 1.41. The molecule has 0 amide bonds. The molecular formula is C19H28Cl2O2S. The number of aryl methyl sites for hydroxylation is 1. The lowest BCUT2D eigenvalue weighted by molar-refractivity contribution is 0.278. The van der Waals surface area contributed by atoms with E-state index in [1.165, 1.54) is 0 Å². The van der Waals surface area contributed by atoms with Crippen LogP contribution in [-0.2, 0) is 16.3 Å². The first kappa shape index (κ1) is 20.1. The summed E-state index contributed by atoms with van der Waals surface area (Å²) in [7, 11) is -3.01. The monoisotopic (exact) mass is 390 g/mol. The van der Waals surface area contributed by atoms with Crippen LogP contribution in [0.25, 0.3) is 0 Å². The molecule has 24 heavy (non-hydrogen) atoms. The number of sulfone groups is 1. The molecule has 0 aromatic heterocycles. The fourth-order valence-electron chi connectivity index (χ4n) is 3.33. The molecule has 2 nitrogen and oxygen atoms in total. The maximum absolute atomic E-state index is 12.4.